The number of amides is 2. The van der Waals surface area contributed by atoms with Gasteiger partial charge < -0.3 is 15.0 Å². The normalized spacial score (nSPS) is 17.3. The highest BCUT2D eigenvalue weighted by Crippen LogP contribution is 2.19. The van der Waals surface area contributed by atoms with E-state index in [9.17, 15) is 9.59 Å². The van der Waals surface area contributed by atoms with E-state index in [1.54, 1.807) is 18.7 Å². The lowest BCUT2D eigenvalue weighted by molar-refractivity contribution is -0.150. The van der Waals surface area contributed by atoms with Crippen molar-refractivity contribution in [3.05, 3.63) is 29.8 Å². The van der Waals surface area contributed by atoms with Crippen LogP contribution in [0.25, 0.3) is 0 Å². The fourth-order valence-corrected chi connectivity index (χ4v) is 2.41. The van der Waals surface area contributed by atoms with E-state index in [2.05, 4.69) is 12.2 Å². The minimum Gasteiger partial charge on any atom is -0.484 e. The molecule has 0 aromatic heterocycles. The van der Waals surface area contributed by atoms with Crippen molar-refractivity contribution in [1.82, 2.24) is 10.2 Å². The lowest BCUT2D eigenvalue weighted by Crippen LogP contribution is -2.64. The minimum absolute atomic E-state index is 0.0517. The summed E-state index contributed by atoms with van der Waals surface area (Å²) in [4.78, 5) is 25.7. The molecule has 5 heteroatoms. The lowest BCUT2D eigenvalue weighted by atomic mass is 9.99. The summed E-state index contributed by atoms with van der Waals surface area (Å²) in [6.07, 6.45) is 0.921. The average Bonchev–Trinajstić information content (AvgIpc) is 2.48. The van der Waals surface area contributed by atoms with Crippen LogP contribution in [0.15, 0.2) is 24.3 Å². The van der Waals surface area contributed by atoms with E-state index >= 15 is 0 Å². The summed E-state index contributed by atoms with van der Waals surface area (Å²) < 4.78 is 5.57. The quantitative estimate of drug-likeness (QED) is 0.911. The van der Waals surface area contributed by atoms with Gasteiger partial charge >= 0.3 is 0 Å². The van der Waals surface area contributed by atoms with E-state index in [0.29, 0.717) is 18.8 Å². The Morgan fingerprint density at radius 1 is 1.43 bits per heavy atom. The van der Waals surface area contributed by atoms with Gasteiger partial charge in [0.1, 0.15) is 11.3 Å². The molecule has 0 spiro atoms. The summed E-state index contributed by atoms with van der Waals surface area (Å²) in [5.41, 5.74) is 0.335. The zero-order valence-electron chi connectivity index (χ0n) is 12.8. The number of nitrogens with zero attached hydrogens (tertiary/aromatic N) is 1. The molecule has 2 rings (SSSR count). The smallest absolute Gasteiger partial charge is 0.261 e. The van der Waals surface area contributed by atoms with Crippen molar-refractivity contribution in [2.75, 3.05) is 19.7 Å². The van der Waals surface area contributed by atoms with Crippen LogP contribution < -0.4 is 10.1 Å². The molecule has 5 nitrogen and oxygen atoms in total. The molecular weight excluding hydrogens is 268 g/mol. The number of carbonyl (C=O) groups is 2. The van der Waals surface area contributed by atoms with E-state index in [0.717, 1.165) is 12.0 Å². The van der Waals surface area contributed by atoms with Crippen molar-refractivity contribution in [2.24, 2.45) is 0 Å². The van der Waals surface area contributed by atoms with Crippen molar-refractivity contribution < 1.29 is 14.3 Å². The van der Waals surface area contributed by atoms with Gasteiger partial charge in [-0.05, 0) is 38.0 Å². The maximum Gasteiger partial charge on any atom is 0.261 e. The predicted octanol–water partition coefficient (Wildman–Crippen LogP) is 1.36. The summed E-state index contributed by atoms with van der Waals surface area (Å²) in [7, 11) is 0. The Kier molecular flexibility index (Phi) is 4.50. The first-order valence-electron chi connectivity index (χ1n) is 7.25. The van der Waals surface area contributed by atoms with Gasteiger partial charge in [0.05, 0.1) is 0 Å². The zero-order chi connectivity index (χ0) is 15.5. The molecule has 1 heterocycles. The zero-order valence-corrected chi connectivity index (χ0v) is 12.8. The molecule has 21 heavy (non-hydrogen) atoms. The van der Waals surface area contributed by atoms with Crippen molar-refractivity contribution >= 4 is 11.8 Å². The summed E-state index contributed by atoms with van der Waals surface area (Å²) in [6, 6.07) is 7.70. The molecule has 114 valence electrons. The molecule has 1 N–H and O–H groups in total. The fourth-order valence-electron chi connectivity index (χ4n) is 2.41. The standard InChI is InChI=1S/C16H22N2O3/c1-4-12-6-5-7-13(10-12)21-11-14(19)18-9-8-17-15(20)16(18,2)3/h5-7,10H,4,8-9,11H2,1-3H3,(H,17,20). The maximum absolute atomic E-state index is 12.3. The van der Waals surface area contributed by atoms with Crippen molar-refractivity contribution in [3.8, 4) is 5.75 Å². The number of nitrogens with one attached hydrogen (secondary N) is 1. The summed E-state index contributed by atoms with van der Waals surface area (Å²) >= 11 is 0. The van der Waals surface area contributed by atoms with E-state index < -0.39 is 5.54 Å². The third-order valence-electron chi connectivity index (χ3n) is 3.82. The Morgan fingerprint density at radius 2 is 2.19 bits per heavy atom. The third kappa shape index (κ3) is 3.35. The monoisotopic (exact) mass is 290 g/mol. The molecule has 1 aliphatic heterocycles. The second-order valence-corrected chi connectivity index (χ2v) is 5.65. The Morgan fingerprint density at radius 3 is 2.90 bits per heavy atom. The van der Waals surface area contributed by atoms with Crippen LogP contribution in [-0.2, 0) is 16.0 Å². The highest BCUT2D eigenvalue weighted by Gasteiger charge is 2.40. The first-order valence-corrected chi connectivity index (χ1v) is 7.25. The number of carbonyl (C=O) groups excluding carboxylic acids is 2. The molecule has 0 radical (unpaired) electrons. The number of benzene rings is 1. The number of hydrogen-bond acceptors (Lipinski definition) is 3. The molecule has 0 aliphatic carbocycles. The second-order valence-electron chi connectivity index (χ2n) is 5.65. The number of ether oxygens (including phenoxy) is 1. The van der Waals surface area contributed by atoms with Crippen molar-refractivity contribution in [2.45, 2.75) is 32.7 Å². The van der Waals surface area contributed by atoms with Crippen LogP contribution in [0.1, 0.15) is 26.3 Å². The van der Waals surface area contributed by atoms with E-state index in [4.69, 9.17) is 4.74 Å². The van der Waals surface area contributed by atoms with Crippen LogP contribution in [0.2, 0.25) is 0 Å². The van der Waals surface area contributed by atoms with Gasteiger partial charge in [-0.2, -0.15) is 0 Å². The molecule has 1 aromatic rings. The molecule has 0 bridgehead atoms. The van der Waals surface area contributed by atoms with E-state index in [1.807, 2.05) is 24.3 Å². The predicted molar refractivity (Wildman–Crippen MR) is 80.1 cm³/mol. The largest absolute Gasteiger partial charge is 0.484 e. The van der Waals surface area contributed by atoms with Crippen molar-refractivity contribution in [3.63, 3.8) is 0 Å². The Bertz CT molecular complexity index is 540. The van der Waals surface area contributed by atoms with Crippen LogP contribution in [0.5, 0.6) is 5.75 Å². The number of hydrogen-bond donors (Lipinski definition) is 1. The average molecular weight is 290 g/mol. The van der Waals surface area contributed by atoms with Crippen LogP contribution in [0.3, 0.4) is 0 Å². The molecule has 0 saturated carbocycles. The molecule has 0 unspecified atom stereocenters. The van der Waals surface area contributed by atoms with Crippen LogP contribution in [0.4, 0.5) is 0 Å². The van der Waals surface area contributed by atoms with Crippen LogP contribution in [0, 0.1) is 0 Å². The van der Waals surface area contributed by atoms with Gasteiger partial charge in [-0.15, -0.1) is 0 Å². The third-order valence-corrected chi connectivity index (χ3v) is 3.82. The number of piperazine rings is 1. The van der Waals surface area contributed by atoms with Gasteiger partial charge in [-0.3, -0.25) is 9.59 Å². The van der Waals surface area contributed by atoms with E-state index in [-0.39, 0.29) is 18.4 Å². The Hall–Kier alpha value is -2.04. The number of rotatable bonds is 4. The second kappa shape index (κ2) is 6.16. The van der Waals surface area contributed by atoms with Crippen molar-refractivity contribution in [1.29, 1.82) is 0 Å². The fraction of sp³-hybridized carbons (Fsp3) is 0.500. The summed E-state index contributed by atoms with van der Waals surface area (Å²) in [6.45, 7) is 6.51. The maximum atomic E-state index is 12.3. The highest BCUT2D eigenvalue weighted by atomic mass is 16.5. The van der Waals surface area contributed by atoms with Gasteiger partial charge in [-0.1, -0.05) is 19.1 Å². The van der Waals surface area contributed by atoms with Gasteiger partial charge in [-0.25, -0.2) is 0 Å². The van der Waals surface area contributed by atoms with Crippen LogP contribution in [-0.4, -0.2) is 41.9 Å². The first-order chi connectivity index (χ1) is 9.95. The molecule has 1 saturated heterocycles. The Balaban J connectivity index is 1.99. The molecule has 1 fully saturated rings. The SMILES string of the molecule is CCc1cccc(OCC(=O)N2CCNC(=O)C2(C)C)c1. The summed E-state index contributed by atoms with van der Waals surface area (Å²) in [5.74, 6) is 0.383. The van der Waals surface area contributed by atoms with Gasteiger partial charge in [0, 0.05) is 13.1 Å². The summed E-state index contributed by atoms with van der Waals surface area (Å²) in [5, 5.41) is 2.77. The van der Waals surface area contributed by atoms with E-state index in [1.165, 1.54) is 0 Å². The van der Waals surface area contributed by atoms with Gasteiger partial charge in [0.25, 0.3) is 5.91 Å². The molecule has 1 aliphatic rings. The lowest BCUT2D eigenvalue weighted by Gasteiger charge is -2.41. The van der Waals surface area contributed by atoms with Crippen LogP contribution >= 0.6 is 0 Å². The molecule has 0 atom stereocenters. The first kappa shape index (κ1) is 15.4. The minimum atomic E-state index is -0.829. The van der Waals surface area contributed by atoms with Gasteiger partial charge in [0.15, 0.2) is 6.61 Å². The molecule has 1 aromatic carbocycles. The Labute approximate surface area is 125 Å². The molecular formula is C16H22N2O3. The highest BCUT2D eigenvalue weighted by molar-refractivity contribution is 5.92. The molecule has 2 amide bonds. The topological polar surface area (TPSA) is 58.6 Å². The number of aryl methyl sites for hydroxylation is 1. The van der Waals surface area contributed by atoms with Gasteiger partial charge in [0.2, 0.25) is 5.91 Å².